The van der Waals surface area contributed by atoms with Crippen molar-refractivity contribution in [2.24, 2.45) is 0 Å². The van der Waals surface area contributed by atoms with Crippen molar-refractivity contribution in [1.82, 2.24) is 14.7 Å². The summed E-state index contributed by atoms with van der Waals surface area (Å²) in [4.78, 5) is 57.3. The number of imide groups is 2. The molecule has 5 rings (SSSR count). The smallest absolute Gasteiger partial charge is 0.268 e. The molecule has 2 heterocycles. The summed E-state index contributed by atoms with van der Waals surface area (Å²) in [6, 6.07) is 18.9. The molecule has 1 saturated carbocycles. The second-order valence-electron chi connectivity index (χ2n) is 9.20. The Morgan fingerprint density at radius 2 is 1.11 bits per heavy atom. The summed E-state index contributed by atoms with van der Waals surface area (Å²) in [6.45, 7) is 0.0852. The molecule has 2 saturated heterocycles. The molecule has 2 aromatic carbocycles. The van der Waals surface area contributed by atoms with Crippen LogP contribution in [0, 0.1) is 0 Å². The highest BCUT2D eigenvalue weighted by molar-refractivity contribution is 8.18. The van der Waals surface area contributed by atoms with Gasteiger partial charge in [0.25, 0.3) is 22.3 Å². The van der Waals surface area contributed by atoms with Crippen LogP contribution in [-0.2, 0) is 9.59 Å². The van der Waals surface area contributed by atoms with E-state index in [4.69, 9.17) is 0 Å². The maximum Gasteiger partial charge on any atom is 0.294 e. The van der Waals surface area contributed by atoms with Crippen molar-refractivity contribution in [3.05, 3.63) is 81.6 Å². The van der Waals surface area contributed by atoms with E-state index in [9.17, 15) is 19.2 Å². The zero-order valence-electron chi connectivity index (χ0n) is 20.2. The maximum atomic E-state index is 13.2. The van der Waals surface area contributed by atoms with Gasteiger partial charge in [0.2, 0.25) is 0 Å². The molecule has 3 aliphatic rings. The molecule has 190 valence electrons. The lowest BCUT2D eigenvalue weighted by atomic mass is 9.94. The average molecular weight is 534 g/mol. The fraction of sp³-hybridized carbons (Fsp3) is 0.286. The third-order valence-electron chi connectivity index (χ3n) is 6.68. The van der Waals surface area contributed by atoms with Crippen LogP contribution in [0.25, 0.3) is 12.2 Å². The predicted molar refractivity (Wildman–Crippen MR) is 147 cm³/mol. The summed E-state index contributed by atoms with van der Waals surface area (Å²) in [6.07, 6.45) is 8.44. The lowest BCUT2D eigenvalue weighted by Crippen LogP contribution is -2.51. The summed E-state index contributed by atoms with van der Waals surface area (Å²) in [5.74, 6) is -0.699. The molecular weight excluding hydrogens is 506 g/mol. The number of benzene rings is 2. The molecule has 7 nitrogen and oxygen atoms in total. The number of hydrogen-bond acceptors (Lipinski definition) is 7. The van der Waals surface area contributed by atoms with E-state index >= 15 is 0 Å². The van der Waals surface area contributed by atoms with E-state index in [1.807, 2.05) is 65.6 Å². The Kier molecular flexibility index (Phi) is 7.93. The maximum absolute atomic E-state index is 13.2. The molecule has 9 heteroatoms. The summed E-state index contributed by atoms with van der Waals surface area (Å²) >= 11 is 1.84. The van der Waals surface area contributed by atoms with Gasteiger partial charge in [-0.05, 0) is 59.6 Å². The van der Waals surface area contributed by atoms with E-state index in [0.29, 0.717) is 9.81 Å². The Hall–Kier alpha value is -3.14. The molecule has 4 amide bonds. The van der Waals surface area contributed by atoms with Gasteiger partial charge in [-0.2, -0.15) is 0 Å². The number of rotatable bonds is 7. The Morgan fingerprint density at radius 3 is 1.54 bits per heavy atom. The molecule has 0 aromatic heterocycles. The molecular formula is C28H27N3O4S2. The van der Waals surface area contributed by atoms with E-state index in [-0.39, 0.29) is 41.7 Å². The van der Waals surface area contributed by atoms with Gasteiger partial charge < -0.3 is 0 Å². The molecule has 2 aliphatic heterocycles. The molecule has 0 radical (unpaired) electrons. The van der Waals surface area contributed by atoms with Gasteiger partial charge in [-0.25, -0.2) is 0 Å². The second kappa shape index (κ2) is 11.5. The number of nitrogens with zero attached hydrogens (tertiary/aromatic N) is 3. The largest absolute Gasteiger partial charge is 0.294 e. The van der Waals surface area contributed by atoms with Gasteiger partial charge in [0.15, 0.2) is 0 Å². The summed E-state index contributed by atoms with van der Waals surface area (Å²) in [5.41, 5.74) is 1.69. The van der Waals surface area contributed by atoms with Crippen LogP contribution in [0.1, 0.15) is 43.2 Å². The van der Waals surface area contributed by atoms with Crippen LogP contribution in [-0.4, -0.2) is 56.4 Å². The van der Waals surface area contributed by atoms with Crippen LogP contribution in [0.2, 0.25) is 0 Å². The van der Waals surface area contributed by atoms with Gasteiger partial charge in [0.1, 0.15) is 0 Å². The van der Waals surface area contributed by atoms with Crippen molar-refractivity contribution in [3.63, 3.8) is 0 Å². The third kappa shape index (κ3) is 5.89. The Morgan fingerprint density at radius 1 is 0.676 bits per heavy atom. The number of hydrogen-bond donors (Lipinski definition) is 0. The van der Waals surface area contributed by atoms with Crippen LogP contribution in [0.5, 0.6) is 0 Å². The Balaban J connectivity index is 1.35. The van der Waals surface area contributed by atoms with Crippen molar-refractivity contribution >= 4 is 58.0 Å². The van der Waals surface area contributed by atoms with Crippen molar-refractivity contribution < 1.29 is 19.2 Å². The Bertz CT molecular complexity index is 1170. The lowest BCUT2D eigenvalue weighted by molar-refractivity contribution is -0.127. The van der Waals surface area contributed by atoms with Crippen molar-refractivity contribution in [3.8, 4) is 0 Å². The molecule has 2 aromatic rings. The van der Waals surface area contributed by atoms with Gasteiger partial charge in [-0.1, -0.05) is 79.9 Å². The Labute approximate surface area is 224 Å². The normalized spacial score (nSPS) is 21.3. The topological polar surface area (TPSA) is 78.0 Å². The van der Waals surface area contributed by atoms with E-state index < -0.39 is 0 Å². The minimum Gasteiger partial charge on any atom is -0.268 e. The van der Waals surface area contributed by atoms with E-state index in [1.54, 1.807) is 12.2 Å². The molecule has 37 heavy (non-hydrogen) atoms. The van der Waals surface area contributed by atoms with Gasteiger partial charge >= 0.3 is 0 Å². The summed E-state index contributed by atoms with van der Waals surface area (Å²) < 4.78 is 0. The molecule has 0 spiro atoms. The van der Waals surface area contributed by atoms with Gasteiger partial charge in [0.05, 0.1) is 23.1 Å². The first-order chi connectivity index (χ1) is 18.0. The molecule has 3 fully saturated rings. The number of carbonyl (C=O) groups is 4. The number of amides is 4. The monoisotopic (exact) mass is 533 g/mol. The predicted octanol–water partition coefficient (Wildman–Crippen LogP) is 6.01. The van der Waals surface area contributed by atoms with Crippen LogP contribution in [0.15, 0.2) is 70.5 Å². The minimum atomic E-state index is -0.349. The van der Waals surface area contributed by atoms with Gasteiger partial charge in [0, 0.05) is 6.04 Å². The van der Waals surface area contributed by atoms with Crippen LogP contribution in [0.4, 0.5) is 9.59 Å². The quantitative estimate of drug-likeness (QED) is 0.404. The lowest BCUT2D eigenvalue weighted by Gasteiger charge is -2.37. The van der Waals surface area contributed by atoms with Gasteiger partial charge in [-0.15, -0.1) is 0 Å². The third-order valence-corrected chi connectivity index (χ3v) is 8.49. The SMILES string of the molecule is O=C1SC(=Cc2ccccc2)C(=O)N1CN(CN1C(=O)SC(=Cc2ccccc2)C1=O)C1CCCCC1. The van der Waals surface area contributed by atoms with E-state index in [1.165, 1.54) is 9.80 Å². The minimum absolute atomic E-state index is 0.0426. The van der Waals surface area contributed by atoms with Crippen LogP contribution >= 0.6 is 23.5 Å². The molecule has 1 aliphatic carbocycles. The van der Waals surface area contributed by atoms with E-state index in [0.717, 1.165) is 66.8 Å². The van der Waals surface area contributed by atoms with Crippen molar-refractivity contribution in [1.29, 1.82) is 0 Å². The zero-order valence-corrected chi connectivity index (χ0v) is 21.9. The second-order valence-corrected chi connectivity index (χ2v) is 11.2. The fourth-order valence-electron chi connectivity index (χ4n) is 4.73. The highest BCUT2D eigenvalue weighted by Crippen LogP contribution is 2.36. The van der Waals surface area contributed by atoms with Crippen LogP contribution < -0.4 is 0 Å². The first-order valence-electron chi connectivity index (χ1n) is 12.3. The average Bonchev–Trinajstić information content (AvgIpc) is 3.33. The molecule has 0 atom stereocenters. The van der Waals surface area contributed by atoms with Crippen molar-refractivity contribution in [2.45, 2.75) is 38.1 Å². The summed E-state index contributed by atoms with van der Waals surface area (Å²) in [5, 5.41) is -0.683. The number of thioether (sulfide) groups is 2. The standard InChI is InChI=1S/C28H27N3O4S2/c32-25-23(16-20-10-4-1-5-11-20)36-27(34)30(25)18-29(22-14-8-3-9-15-22)19-31-26(33)24(37-28(31)35)17-21-12-6-2-7-13-21/h1-2,4-7,10-13,16-17,22H,3,8-9,14-15,18-19H2. The zero-order chi connectivity index (χ0) is 25.8. The first-order valence-corrected chi connectivity index (χ1v) is 14.0. The van der Waals surface area contributed by atoms with E-state index in [2.05, 4.69) is 0 Å². The fourth-order valence-corrected chi connectivity index (χ4v) is 6.39. The van der Waals surface area contributed by atoms with Gasteiger partial charge in [-0.3, -0.25) is 33.9 Å². The van der Waals surface area contributed by atoms with Crippen molar-refractivity contribution in [2.75, 3.05) is 13.3 Å². The highest BCUT2D eigenvalue weighted by Gasteiger charge is 2.41. The van der Waals surface area contributed by atoms with Crippen LogP contribution in [0.3, 0.4) is 0 Å². The highest BCUT2D eigenvalue weighted by atomic mass is 32.2. The molecule has 0 bridgehead atoms. The number of carbonyl (C=O) groups excluding carboxylic acids is 4. The molecule has 0 N–H and O–H groups in total. The summed E-state index contributed by atoms with van der Waals surface area (Å²) in [7, 11) is 0. The molecule has 0 unspecified atom stereocenters. The first kappa shape index (κ1) is 25.5.